The molecule has 174 valence electrons. The summed E-state index contributed by atoms with van der Waals surface area (Å²) >= 11 is 6.23. The largest absolute Gasteiger partial charge is 0.493 e. The summed E-state index contributed by atoms with van der Waals surface area (Å²) in [5.74, 6) is 0.662. The Balaban J connectivity index is 1.73. The lowest BCUT2D eigenvalue weighted by molar-refractivity contribution is -0.119. The van der Waals surface area contributed by atoms with Gasteiger partial charge in [0.2, 0.25) is 5.91 Å². The molecule has 3 aromatic carbocycles. The SMILES string of the molecule is COc1ccccc1OCCNC(=O)CN(c1cccc(Cl)c1C)S(=O)(=O)c1ccccc1. The Kier molecular flexibility index (Phi) is 8.19. The summed E-state index contributed by atoms with van der Waals surface area (Å²) in [6.07, 6.45) is 0. The standard InChI is InChI=1S/C24H25ClN2O5S/c1-18-20(25)11-8-12-21(18)27(33(29,30)19-9-4-3-5-10-19)17-24(28)26-15-16-32-23-14-7-6-13-22(23)31-2/h3-14H,15-17H2,1-2H3,(H,26,28). The maximum absolute atomic E-state index is 13.4. The maximum atomic E-state index is 13.4. The Hall–Kier alpha value is -3.23. The first-order valence-corrected chi connectivity index (χ1v) is 12.0. The third kappa shape index (κ3) is 5.97. The molecule has 0 saturated carbocycles. The number of amides is 1. The van der Waals surface area contributed by atoms with Crippen LogP contribution in [0, 0.1) is 6.92 Å². The molecule has 1 amide bonds. The molecule has 0 heterocycles. The molecule has 9 heteroatoms. The summed E-state index contributed by atoms with van der Waals surface area (Å²) in [5.41, 5.74) is 0.901. The average molecular weight is 489 g/mol. The van der Waals surface area contributed by atoms with Crippen molar-refractivity contribution in [2.45, 2.75) is 11.8 Å². The fraction of sp³-hybridized carbons (Fsp3) is 0.208. The zero-order chi connectivity index (χ0) is 23.8. The first kappa shape index (κ1) is 24.4. The first-order valence-electron chi connectivity index (χ1n) is 10.2. The Morgan fingerprint density at radius 2 is 1.64 bits per heavy atom. The monoisotopic (exact) mass is 488 g/mol. The van der Waals surface area contributed by atoms with E-state index < -0.39 is 22.5 Å². The van der Waals surface area contributed by atoms with E-state index >= 15 is 0 Å². The van der Waals surface area contributed by atoms with Crippen LogP contribution in [0.1, 0.15) is 5.56 Å². The molecule has 0 unspecified atom stereocenters. The predicted octanol–water partition coefficient (Wildman–Crippen LogP) is 4.05. The van der Waals surface area contributed by atoms with Crippen molar-refractivity contribution >= 4 is 33.2 Å². The molecular formula is C24H25ClN2O5S. The Labute approximate surface area is 198 Å². The molecular weight excluding hydrogens is 464 g/mol. The number of carbonyl (C=O) groups is 1. The van der Waals surface area contributed by atoms with Gasteiger partial charge in [-0.1, -0.05) is 48.0 Å². The number of hydrogen-bond donors (Lipinski definition) is 1. The number of carbonyl (C=O) groups excluding carboxylic acids is 1. The lowest BCUT2D eigenvalue weighted by Gasteiger charge is -2.26. The van der Waals surface area contributed by atoms with Crippen molar-refractivity contribution in [1.82, 2.24) is 5.32 Å². The van der Waals surface area contributed by atoms with Gasteiger partial charge in [0, 0.05) is 5.02 Å². The topological polar surface area (TPSA) is 84.9 Å². The number of hydrogen-bond acceptors (Lipinski definition) is 5. The summed E-state index contributed by atoms with van der Waals surface area (Å²) in [7, 11) is -2.46. The highest BCUT2D eigenvalue weighted by Gasteiger charge is 2.28. The summed E-state index contributed by atoms with van der Waals surface area (Å²) < 4.78 is 38.7. The smallest absolute Gasteiger partial charge is 0.264 e. The second-order valence-electron chi connectivity index (χ2n) is 7.06. The van der Waals surface area contributed by atoms with Crippen molar-refractivity contribution in [3.63, 3.8) is 0 Å². The lowest BCUT2D eigenvalue weighted by Crippen LogP contribution is -2.42. The van der Waals surface area contributed by atoms with Gasteiger partial charge in [-0.25, -0.2) is 8.42 Å². The van der Waals surface area contributed by atoms with Gasteiger partial charge in [0.05, 0.1) is 24.2 Å². The number of anilines is 1. The van der Waals surface area contributed by atoms with Gasteiger partial charge in [0.15, 0.2) is 11.5 Å². The minimum Gasteiger partial charge on any atom is -0.493 e. The van der Waals surface area contributed by atoms with Crippen molar-refractivity contribution in [3.8, 4) is 11.5 Å². The third-order valence-electron chi connectivity index (χ3n) is 4.88. The van der Waals surface area contributed by atoms with Gasteiger partial charge in [-0.3, -0.25) is 9.10 Å². The van der Waals surface area contributed by atoms with Crippen LogP contribution >= 0.6 is 11.6 Å². The molecule has 0 atom stereocenters. The zero-order valence-electron chi connectivity index (χ0n) is 18.3. The van der Waals surface area contributed by atoms with E-state index in [9.17, 15) is 13.2 Å². The van der Waals surface area contributed by atoms with Crippen LogP contribution in [0.25, 0.3) is 0 Å². The van der Waals surface area contributed by atoms with Crippen LogP contribution in [-0.2, 0) is 14.8 Å². The average Bonchev–Trinajstić information content (AvgIpc) is 2.83. The number of sulfonamides is 1. The highest BCUT2D eigenvalue weighted by atomic mass is 35.5. The molecule has 3 aromatic rings. The minimum atomic E-state index is -4.00. The van der Waals surface area contributed by atoms with E-state index in [0.29, 0.717) is 27.8 Å². The van der Waals surface area contributed by atoms with Gasteiger partial charge in [-0.2, -0.15) is 0 Å². The van der Waals surface area contributed by atoms with Crippen LogP contribution in [0.5, 0.6) is 11.5 Å². The highest BCUT2D eigenvalue weighted by Crippen LogP contribution is 2.30. The Bertz CT molecular complexity index is 1200. The number of rotatable bonds is 10. The van der Waals surface area contributed by atoms with Crippen molar-refractivity contribution in [3.05, 3.63) is 83.4 Å². The summed E-state index contributed by atoms with van der Waals surface area (Å²) in [4.78, 5) is 12.8. The number of para-hydroxylation sites is 2. The fourth-order valence-electron chi connectivity index (χ4n) is 3.16. The number of nitrogens with zero attached hydrogens (tertiary/aromatic N) is 1. The van der Waals surface area contributed by atoms with Gasteiger partial charge in [-0.05, 0) is 48.9 Å². The van der Waals surface area contributed by atoms with Crippen molar-refractivity contribution in [2.24, 2.45) is 0 Å². The molecule has 7 nitrogen and oxygen atoms in total. The second kappa shape index (κ2) is 11.1. The summed E-state index contributed by atoms with van der Waals surface area (Å²) in [5, 5.41) is 3.11. The maximum Gasteiger partial charge on any atom is 0.264 e. The van der Waals surface area contributed by atoms with Gasteiger partial charge >= 0.3 is 0 Å². The van der Waals surface area contributed by atoms with Crippen LogP contribution in [-0.4, -0.2) is 41.1 Å². The summed E-state index contributed by atoms with van der Waals surface area (Å²) in [6.45, 7) is 1.68. The molecule has 3 rings (SSSR count). The fourth-order valence-corrected chi connectivity index (χ4v) is 4.83. The van der Waals surface area contributed by atoms with Gasteiger partial charge in [0.25, 0.3) is 10.0 Å². The zero-order valence-corrected chi connectivity index (χ0v) is 19.9. The van der Waals surface area contributed by atoms with Gasteiger partial charge in [-0.15, -0.1) is 0 Å². The molecule has 0 saturated heterocycles. The van der Waals surface area contributed by atoms with Crippen molar-refractivity contribution in [2.75, 3.05) is 31.1 Å². The molecule has 0 aliphatic heterocycles. The van der Waals surface area contributed by atoms with Crippen molar-refractivity contribution in [1.29, 1.82) is 0 Å². The molecule has 0 bridgehead atoms. The van der Waals surface area contributed by atoms with E-state index in [1.54, 1.807) is 62.6 Å². The van der Waals surface area contributed by atoms with E-state index in [2.05, 4.69) is 5.32 Å². The number of ether oxygens (including phenoxy) is 2. The molecule has 1 N–H and O–H groups in total. The molecule has 0 aliphatic carbocycles. The van der Waals surface area contributed by atoms with E-state index in [1.807, 2.05) is 12.1 Å². The van der Waals surface area contributed by atoms with Crippen LogP contribution in [0.2, 0.25) is 5.02 Å². The molecule has 33 heavy (non-hydrogen) atoms. The highest BCUT2D eigenvalue weighted by molar-refractivity contribution is 7.92. The van der Waals surface area contributed by atoms with Crippen LogP contribution in [0.15, 0.2) is 77.7 Å². The van der Waals surface area contributed by atoms with E-state index in [-0.39, 0.29) is 18.0 Å². The lowest BCUT2D eigenvalue weighted by atomic mass is 10.2. The van der Waals surface area contributed by atoms with Crippen LogP contribution < -0.4 is 19.1 Å². The normalized spacial score (nSPS) is 11.0. The van der Waals surface area contributed by atoms with Crippen LogP contribution in [0.3, 0.4) is 0 Å². The Morgan fingerprint density at radius 3 is 2.33 bits per heavy atom. The summed E-state index contributed by atoms with van der Waals surface area (Å²) in [6, 6.07) is 20.1. The third-order valence-corrected chi connectivity index (χ3v) is 7.06. The predicted molar refractivity (Wildman–Crippen MR) is 129 cm³/mol. The number of halogens is 1. The molecule has 0 aromatic heterocycles. The van der Waals surface area contributed by atoms with Crippen LogP contribution in [0.4, 0.5) is 5.69 Å². The van der Waals surface area contributed by atoms with Gasteiger partial charge in [0.1, 0.15) is 13.2 Å². The molecule has 0 spiro atoms. The van der Waals surface area contributed by atoms with E-state index in [1.165, 1.54) is 12.1 Å². The molecule has 0 fully saturated rings. The quantitative estimate of drug-likeness (QED) is 0.435. The number of methoxy groups -OCH3 is 1. The first-order chi connectivity index (χ1) is 15.8. The van der Waals surface area contributed by atoms with Gasteiger partial charge < -0.3 is 14.8 Å². The minimum absolute atomic E-state index is 0.0803. The number of benzene rings is 3. The van der Waals surface area contributed by atoms with E-state index in [0.717, 1.165) is 4.31 Å². The van der Waals surface area contributed by atoms with E-state index in [4.69, 9.17) is 21.1 Å². The molecule has 0 radical (unpaired) electrons. The number of nitrogens with one attached hydrogen (secondary N) is 1. The second-order valence-corrected chi connectivity index (χ2v) is 9.33. The Morgan fingerprint density at radius 1 is 0.970 bits per heavy atom. The van der Waals surface area contributed by atoms with Crippen molar-refractivity contribution < 1.29 is 22.7 Å². The molecule has 0 aliphatic rings.